The van der Waals surface area contributed by atoms with Crippen molar-refractivity contribution < 1.29 is 24.5 Å². The molecule has 3 unspecified atom stereocenters. The summed E-state index contributed by atoms with van der Waals surface area (Å²) >= 11 is 0. The minimum absolute atomic E-state index is 0.0444. The van der Waals surface area contributed by atoms with Crippen molar-refractivity contribution in [2.75, 3.05) is 6.61 Å². The van der Waals surface area contributed by atoms with Gasteiger partial charge < -0.3 is 20.3 Å². The van der Waals surface area contributed by atoms with Gasteiger partial charge in [-0.05, 0) is 77.0 Å². The van der Waals surface area contributed by atoms with Crippen LogP contribution in [-0.2, 0) is 14.3 Å². The molecule has 0 fully saturated rings. The van der Waals surface area contributed by atoms with Crippen LogP contribution in [-0.4, -0.2) is 46.9 Å². The highest BCUT2D eigenvalue weighted by atomic mass is 16.5. The molecule has 0 aromatic carbocycles. The van der Waals surface area contributed by atoms with Crippen LogP contribution in [0.25, 0.3) is 0 Å². The Hall–Kier alpha value is -3.22. The average Bonchev–Trinajstić information content (AvgIpc) is 3.26. The smallest absolute Gasteiger partial charge is 0.306 e. The Morgan fingerprint density at radius 3 is 1.48 bits per heavy atom. The number of unbranched alkanes of at least 4 members (excludes halogenated alkanes) is 21. The molecule has 354 valence electrons. The third-order valence-electron chi connectivity index (χ3n) is 11.1. The van der Waals surface area contributed by atoms with Crippen LogP contribution in [0.3, 0.4) is 0 Å². The maximum Gasteiger partial charge on any atom is 0.306 e. The van der Waals surface area contributed by atoms with Gasteiger partial charge in [-0.1, -0.05) is 227 Å². The third kappa shape index (κ3) is 43.4. The Bertz CT molecular complexity index is 1240. The minimum Gasteiger partial charge on any atom is -0.462 e. The van der Waals surface area contributed by atoms with E-state index in [1.54, 1.807) is 0 Å². The van der Waals surface area contributed by atoms with Crippen molar-refractivity contribution in [3.05, 3.63) is 97.2 Å². The number of carbonyl (C=O) groups excluding carboxylic acids is 2. The number of aliphatic hydroxyl groups excluding tert-OH is 2. The Balaban J connectivity index is 4.74. The molecular weight excluding hydrogens is 767 g/mol. The van der Waals surface area contributed by atoms with Crippen LogP contribution < -0.4 is 5.32 Å². The van der Waals surface area contributed by atoms with Crippen LogP contribution in [0.2, 0.25) is 0 Å². The van der Waals surface area contributed by atoms with Crippen molar-refractivity contribution in [1.82, 2.24) is 5.32 Å². The Labute approximate surface area is 382 Å². The van der Waals surface area contributed by atoms with Crippen molar-refractivity contribution in [1.29, 1.82) is 0 Å². The SMILES string of the molecule is CC\C=C/C=C/C=C/C=C\C=C\C=C\CCCCCC(=O)OC(CCCCCCC/C=C\C/C=C\CCCCC)CC(=O)NC(CO)C(O)CCCCCCCCCCCCC. The van der Waals surface area contributed by atoms with Gasteiger partial charge in [-0.3, -0.25) is 9.59 Å². The van der Waals surface area contributed by atoms with E-state index in [-0.39, 0.29) is 24.9 Å². The van der Waals surface area contributed by atoms with Gasteiger partial charge in [-0.15, -0.1) is 0 Å². The number of ether oxygens (including phenoxy) is 1. The van der Waals surface area contributed by atoms with Gasteiger partial charge in [0.15, 0.2) is 0 Å². The number of nitrogens with one attached hydrogen (secondary N) is 1. The zero-order valence-corrected chi connectivity index (χ0v) is 40.2. The molecule has 0 radical (unpaired) electrons. The average molecular weight is 862 g/mol. The van der Waals surface area contributed by atoms with Crippen LogP contribution in [0.4, 0.5) is 0 Å². The largest absolute Gasteiger partial charge is 0.462 e. The molecule has 3 atom stereocenters. The van der Waals surface area contributed by atoms with Crippen LogP contribution in [0.1, 0.15) is 220 Å². The molecule has 0 saturated carbocycles. The summed E-state index contributed by atoms with van der Waals surface area (Å²) < 4.78 is 5.91. The molecule has 1 amide bonds. The van der Waals surface area contributed by atoms with E-state index in [1.165, 1.54) is 83.5 Å². The number of rotatable bonds is 44. The van der Waals surface area contributed by atoms with Crippen LogP contribution in [0.15, 0.2) is 97.2 Å². The van der Waals surface area contributed by atoms with Gasteiger partial charge >= 0.3 is 5.97 Å². The summed E-state index contributed by atoms with van der Waals surface area (Å²) in [5.74, 6) is -0.546. The first-order chi connectivity index (χ1) is 30.5. The van der Waals surface area contributed by atoms with E-state index in [4.69, 9.17) is 4.74 Å². The van der Waals surface area contributed by atoms with Crippen LogP contribution in [0.5, 0.6) is 0 Å². The van der Waals surface area contributed by atoms with Crippen molar-refractivity contribution in [3.63, 3.8) is 0 Å². The lowest BCUT2D eigenvalue weighted by atomic mass is 10.0. The van der Waals surface area contributed by atoms with Gasteiger partial charge in [-0.2, -0.15) is 0 Å². The molecule has 3 N–H and O–H groups in total. The van der Waals surface area contributed by atoms with Gasteiger partial charge in [0.1, 0.15) is 6.10 Å². The lowest BCUT2D eigenvalue weighted by molar-refractivity contribution is -0.151. The lowest BCUT2D eigenvalue weighted by Gasteiger charge is -2.24. The predicted molar refractivity (Wildman–Crippen MR) is 268 cm³/mol. The summed E-state index contributed by atoms with van der Waals surface area (Å²) in [4.78, 5) is 26.1. The summed E-state index contributed by atoms with van der Waals surface area (Å²) in [7, 11) is 0. The molecule has 0 aliphatic heterocycles. The van der Waals surface area contributed by atoms with E-state index >= 15 is 0 Å². The van der Waals surface area contributed by atoms with E-state index in [2.05, 4.69) is 68.6 Å². The molecule has 0 bridgehead atoms. The zero-order chi connectivity index (χ0) is 45.2. The number of allylic oxidation sites excluding steroid dienone is 16. The molecule has 0 aliphatic carbocycles. The Morgan fingerprint density at radius 2 is 0.935 bits per heavy atom. The second kappa shape index (κ2) is 48.8. The lowest BCUT2D eigenvalue weighted by Crippen LogP contribution is -2.46. The highest BCUT2D eigenvalue weighted by molar-refractivity contribution is 5.77. The number of hydrogen-bond acceptors (Lipinski definition) is 5. The van der Waals surface area contributed by atoms with Crippen molar-refractivity contribution in [3.8, 4) is 0 Å². The van der Waals surface area contributed by atoms with Crippen molar-refractivity contribution >= 4 is 11.9 Å². The van der Waals surface area contributed by atoms with E-state index in [1.807, 2.05) is 54.7 Å². The van der Waals surface area contributed by atoms with E-state index in [9.17, 15) is 19.8 Å². The van der Waals surface area contributed by atoms with Crippen LogP contribution in [0, 0.1) is 0 Å². The Morgan fingerprint density at radius 1 is 0.500 bits per heavy atom. The second-order valence-electron chi connectivity index (χ2n) is 17.0. The third-order valence-corrected chi connectivity index (χ3v) is 11.1. The second-order valence-corrected chi connectivity index (χ2v) is 17.0. The van der Waals surface area contributed by atoms with Gasteiger partial charge in [0.05, 0.1) is 25.2 Å². The summed E-state index contributed by atoms with van der Waals surface area (Å²) in [6.07, 6.45) is 64.5. The zero-order valence-electron chi connectivity index (χ0n) is 40.2. The molecule has 6 heteroatoms. The molecule has 0 saturated heterocycles. The quantitative estimate of drug-likeness (QED) is 0.0245. The summed E-state index contributed by atoms with van der Waals surface area (Å²) in [6.45, 7) is 6.28. The fourth-order valence-electron chi connectivity index (χ4n) is 7.20. The first-order valence-electron chi connectivity index (χ1n) is 25.5. The van der Waals surface area contributed by atoms with Crippen molar-refractivity contribution in [2.45, 2.75) is 238 Å². The van der Waals surface area contributed by atoms with Gasteiger partial charge in [-0.25, -0.2) is 0 Å². The molecule has 0 aromatic heterocycles. The molecule has 0 aliphatic rings. The monoisotopic (exact) mass is 862 g/mol. The number of esters is 1. The topological polar surface area (TPSA) is 95.9 Å². The maximum absolute atomic E-state index is 13.2. The van der Waals surface area contributed by atoms with Gasteiger partial charge in [0.25, 0.3) is 0 Å². The standard InChI is InChI=1S/C56H95NO5/c1-4-7-10-13-16-19-22-24-26-27-29-31-34-37-40-43-46-49-56(61)62-52(47-44-41-38-35-33-30-28-25-23-20-17-14-11-8-5-2)50-55(60)57-53(51-58)54(59)48-45-42-39-36-32-21-18-15-12-9-6-3/h7,10,13,16-17,19-20,22,24-29,31,34,52-54,58-59H,4-6,8-9,11-12,14-15,18,21,23,30,32-33,35-51H2,1-3H3,(H,57,60)/b10-7-,16-13+,20-17-,22-19+,26-24-,28-25-,29-27+,34-31+. The fourth-order valence-corrected chi connectivity index (χ4v) is 7.20. The van der Waals surface area contributed by atoms with Crippen LogP contribution >= 0.6 is 0 Å². The fraction of sp³-hybridized carbons (Fsp3) is 0.679. The first-order valence-corrected chi connectivity index (χ1v) is 25.5. The molecule has 0 rings (SSSR count). The minimum atomic E-state index is -0.804. The van der Waals surface area contributed by atoms with Gasteiger partial charge in [0, 0.05) is 6.42 Å². The number of aliphatic hydroxyl groups is 2. The highest BCUT2D eigenvalue weighted by Gasteiger charge is 2.24. The number of hydrogen-bond donors (Lipinski definition) is 3. The first kappa shape index (κ1) is 58.8. The van der Waals surface area contributed by atoms with E-state index < -0.39 is 18.2 Å². The normalized spacial score (nSPS) is 14.1. The molecule has 6 nitrogen and oxygen atoms in total. The molecule has 0 spiro atoms. The number of amides is 1. The number of carbonyl (C=O) groups is 2. The molecule has 62 heavy (non-hydrogen) atoms. The maximum atomic E-state index is 13.2. The van der Waals surface area contributed by atoms with Crippen molar-refractivity contribution in [2.24, 2.45) is 0 Å². The van der Waals surface area contributed by atoms with Gasteiger partial charge in [0.2, 0.25) is 5.91 Å². The predicted octanol–water partition coefficient (Wildman–Crippen LogP) is 15.3. The summed E-state index contributed by atoms with van der Waals surface area (Å²) in [6, 6.07) is -0.721. The van der Waals surface area contributed by atoms with E-state index in [0.717, 1.165) is 89.9 Å². The summed E-state index contributed by atoms with van der Waals surface area (Å²) in [5.41, 5.74) is 0. The molecule has 0 aromatic rings. The highest BCUT2D eigenvalue weighted by Crippen LogP contribution is 2.17. The molecule has 0 heterocycles. The Kier molecular flexibility index (Phi) is 46.3. The van der Waals surface area contributed by atoms with E-state index in [0.29, 0.717) is 19.3 Å². The molecular formula is C56H95NO5. The summed E-state index contributed by atoms with van der Waals surface area (Å²) in [5, 5.41) is 23.7.